The maximum absolute atomic E-state index is 12.3. The predicted octanol–water partition coefficient (Wildman–Crippen LogP) is 5.35. The lowest BCUT2D eigenvalue weighted by Gasteiger charge is -2.11. The summed E-state index contributed by atoms with van der Waals surface area (Å²) in [5.74, 6) is -1.78. The van der Waals surface area contributed by atoms with Crippen molar-refractivity contribution in [1.29, 1.82) is 0 Å². The van der Waals surface area contributed by atoms with E-state index in [1.165, 1.54) is 18.2 Å². The number of carboxylic acids is 1. The molecule has 3 aromatic rings. The Morgan fingerprint density at radius 2 is 1.65 bits per heavy atom. The van der Waals surface area contributed by atoms with E-state index >= 15 is 0 Å². The van der Waals surface area contributed by atoms with Crippen molar-refractivity contribution >= 4 is 40.8 Å². The molecule has 1 heterocycles. The Morgan fingerprint density at radius 3 is 2.29 bits per heavy atom. The molecular weight excluding hydrogens is 420 g/mol. The highest BCUT2D eigenvalue weighted by Crippen LogP contribution is 2.26. The molecule has 0 bridgehead atoms. The number of benzene rings is 2. The Bertz CT molecular complexity index is 1110. The molecule has 7 nitrogen and oxygen atoms in total. The summed E-state index contributed by atoms with van der Waals surface area (Å²) in [5.41, 5.74) is 3.52. The van der Waals surface area contributed by atoms with Crippen molar-refractivity contribution in [3.05, 3.63) is 71.1 Å². The fraction of sp³-hybridized carbons (Fsp3) is 0.174. The molecule has 0 aliphatic heterocycles. The van der Waals surface area contributed by atoms with E-state index in [1.54, 1.807) is 12.5 Å². The number of aryl methyl sites for hydroxylation is 1. The first-order valence-corrected chi connectivity index (χ1v) is 9.97. The zero-order valence-corrected chi connectivity index (χ0v) is 17.5. The van der Waals surface area contributed by atoms with Crippen molar-refractivity contribution < 1.29 is 23.9 Å². The quantitative estimate of drug-likeness (QED) is 0.437. The van der Waals surface area contributed by atoms with Gasteiger partial charge in [0, 0.05) is 29.1 Å². The number of rotatable bonds is 8. The van der Waals surface area contributed by atoms with Crippen LogP contribution in [0, 0.1) is 6.92 Å². The molecule has 0 unspecified atom stereocenters. The van der Waals surface area contributed by atoms with Gasteiger partial charge in [0.1, 0.15) is 0 Å². The summed E-state index contributed by atoms with van der Waals surface area (Å²) in [6.45, 7) is 1.90. The second kappa shape index (κ2) is 9.95. The van der Waals surface area contributed by atoms with Crippen LogP contribution in [0.2, 0.25) is 5.02 Å². The second-order valence-corrected chi connectivity index (χ2v) is 7.42. The SMILES string of the molecule is Cc1ccc(-c2ccoc2)cc1NC(=O)CCCC(=O)Nc1ccc(Cl)cc1C(=O)O. The summed E-state index contributed by atoms with van der Waals surface area (Å²) < 4.78 is 5.10. The first-order chi connectivity index (χ1) is 14.8. The minimum absolute atomic E-state index is 0.0726. The number of halogens is 1. The molecule has 2 amide bonds. The minimum Gasteiger partial charge on any atom is -0.478 e. The van der Waals surface area contributed by atoms with E-state index in [1.807, 2.05) is 31.2 Å². The molecule has 0 fully saturated rings. The largest absolute Gasteiger partial charge is 0.478 e. The van der Waals surface area contributed by atoms with Gasteiger partial charge in [0.05, 0.1) is 23.8 Å². The topological polar surface area (TPSA) is 109 Å². The van der Waals surface area contributed by atoms with E-state index in [2.05, 4.69) is 10.6 Å². The fourth-order valence-corrected chi connectivity index (χ4v) is 3.17. The normalized spacial score (nSPS) is 10.5. The summed E-state index contributed by atoms with van der Waals surface area (Å²) in [7, 11) is 0. The molecule has 0 saturated heterocycles. The molecule has 160 valence electrons. The number of carboxylic acid groups (broad SMARTS) is 1. The van der Waals surface area contributed by atoms with Crippen LogP contribution in [0.15, 0.2) is 59.4 Å². The Balaban J connectivity index is 1.52. The van der Waals surface area contributed by atoms with E-state index in [9.17, 15) is 19.5 Å². The summed E-state index contributed by atoms with van der Waals surface area (Å²) in [5, 5.41) is 14.9. The maximum Gasteiger partial charge on any atom is 0.337 e. The van der Waals surface area contributed by atoms with E-state index in [0.717, 1.165) is 16.7 Å². The van der Waals surface area contributed by atoms with E-state index in [-0.39, 0.29) is 40.9 Å². The molecule has 0 atom stereocenters. The molecule has 0 radical (unpaired) electrons. The third kappa shape index (κ3) is 5.96. The average molecular weight is 441 g/mol. The van der Waals surface area contributed by atoms with Crippen molar-refractivity contribution in [3.8, 4) is 11.1 Å². The summed E-state index contributed by atoms with van der Waals surface area (Å²) >= 11 is 5.81. The lowest BCUT2D eigenvalue weighted by molar-refractivity contribution is -0.117. The fourth-order valence-electron chi connectivity index (χ4n) is 3.00. The van der Waals surface area contributed by atoms with Gasteiger partial charge in [-0.2, -0.15) is 0 Å². The third-order valence-electron chi connectivity index (χ3n) is 4.66. The van der Waals surface area contributed by atoms with Crippen molar-refractivity contribution in [1.82, 2.24) is 0 Å². The van der Waals surface area contributed by atoms with Gasteiger partial charge >= 0.3 is 5.97 Å². The highest BCUT2D eigenvalue weighted by molar-refractivity contribution is 6.31. The summed E-state index contributed by atoms with van der Waals surface area (Å²) in [6.07, 6.45) is 3.75. The van der Waals surface area contributed by atoms with Gasteiger partial charge in [0.2, 0.25) is 11.8 Å². The third-order valence-corrected chi connectivity index (χ3v) is 4.90. The smallest absolute Gasteiger partial charge is 0.337 e. The van der Waals surface area contributed by atoms with Gasteiger partial charge in [-0.25, -0.2) is 4.79 Å². The number of nitrogens with one attached hydrogen (secondary N) is 2. The van der Waals surface area contributed by atoms with E-state index < -0.39 is 5.97 Å². The number of anilines is 2. The molecule has 31 heavy (non-hydrogen) atoms. The lowest BCUT2D eigenvalue weighted by Crippen LogP contribution is -2.16. The van der Waals surface area contributed by atoms with Crippen molar-refractivity contribution in [2.24, 2.45) is 0 Å². The van der Waals surface area contributed by atoms with Crippen molar-refractivity contribution in [2.45, 2.75) is 26.2 Å². The Hall–Kier alpha value is -3.58. The lowest BCUT2D eigenvalue weighted by atomic mass is 10.1. The average Bonchev–Trinajstić information content (AvgIpc) is 3.25. The first kappa shape index (κ1) is 22.1. The van der Waals surface area contributed by atoms with Gasteiger partial charge in [-0.1, -0.05) is 23.7 Å². The number of carbonyl (C=O) groups excluding carboxylic acids is 2. The predicted molar refractivity (Wildman–Crippen MR) is 118 cm³/mol. The molecular formula is C23H21ClN2O5. The highest BCUT2D eigenvalue weighted by Gasteiger charge is 2.14. The molecule has 0 spiro atoms. The molecule has 0 saturated carbocycles. The van der Waals surface area contributed by atoms with Crippen LogP contribution < -0.4 is 10.6 Å². The van der Waals surface area contributed by atoms with Crippen LogP contribution in [0.4, 0.5) is 11.4 Å². The van der Waals surface area contributed by atoms with Crippen molar-refractivity contribution in [2.75, 3.05) is 10.6 Å². The Morgan fingerprint density at radius 1 is 0.935 bits per heavy atom. The molecule has 2 aromatic carbocycles. The highest BCUT2D eigenvalue weighted by atomic mass is 35.5. The van der Waals surface area contributed by atoms with Gasteiger partial charge in [-0.3, -0.25) is 9.59 Å². The number of aromatic carboxylic acids is 1. The van der Waals surface area contributed by atoms with Gasteiger partial charge in [0.15, 0.2) is 0 Å². The second-order valence-electron chi connectivity index (χ2n) is 6.99. The van der Waals surface area contributed by atoms with Gasteiger partial charge in [0.25, 0.3) is 0 Å². The monoisotopic (exact) mass is 440 g/mol. The zero-order valence-electron chi connectivity index (χ0n) is 16.8. The zero-order chi connectivity index (χ0) is 22.4. The molecule has 0 aliphatic rings. The molecule has 0 aliphatic carbocycles. The first-order valence-electron chi connectivity index (χ1n) is 9.59. The van der Waals surface area contributed by atoms with Crippen LogP contribution in [0.3, 0.4) is 0 Å². The number of carbonyl (C=O) groups is 3. The Labute approximate surface area is 184 Å². The maximum atomic E-state index is 12.3. The van der Waals surface area contributed by atoms with Crippen LogP contribution in [0.25, 0.3) is 11.1 Å². The van der Waals surface area contributed by atoms with E-state index in [0.29, 0.717) is 12.1 Å². The molecule has 1 aromatic heterocycles. The number of furan rings is 1. The van der Waals surface area contributed by atoms with Crippen LogP contribution >= 0.6 is 11.6 Å². The van der Waals surface area contributed by atoms with Crippen LogP contribution in [-0.4, -0.2) is 22.9 Å². The number of hydrogen-bond donors (Lipinski definition) is 3. The standard InChI is InChI=1S/C23H21ClN2O5/c1-14-5-6-15(16-9-10-31-13-16)11-20(14)26-22(28)4-2-3-21(27)25-19-8-7-17(24)12-18(19)23(29)30/h5-13H,2-4H2,1H3,(H,25,27)(H,26,28)(H,29,30). The molecule has 3 rings (SSSR count). The molecule has 3 N–H and O–H groups in total. The van der Waals surface area contributed by atoms with Crippen LogP contribution in [-0.2, 0) is 9.59 Å². The number of hydrogen-bond acceptors (Lipinski definition) is 4. The minimum atomic E-state index is -1.19. The summed E-state index contributed by atoms with van der Waals surface area (Å²) in [6, 6.07) is 11.8. The van der Waals surface area contributed by atoms with Crippen LogP contribution in [0.1, 0.15) is 35.2 Å². The van der Waals surface area contributed by atoms with Crippen LogP contribution in [0.5, 0.6) is 0 Å². The van der Waals surface area contributed by atoms with Gasteiger partial charge < -0.3 is 20.2 Å². The van der Waals surface area contributed by atoms with Gasteiger partial charge in [-0.15, -0.1) is 0 Å². The van der Waals surface area contributed by atoms with Gasteiger partial charge in [-0.05, 0) is 54.8 Å². The molecule has 8 heteroatoms. The summed E-state index contributed by atoms with van der Waals surface area (Å²) in [4.78, 5) is 35.8. The van der Waals surface area contributed by atoms with E-state index in [4.69, 9.17) is 16.0 Å². The number of amides is 2. The van der Waals surface area contributed by atoms with Crippen molar-refractivity contribution in [3.63, 3.8) is 0 Å². The Kier molecular flexibility index (Phi) is 7.10.